The molecule has 47 N–H and O–H groups in total. The summed E-state index contributed by atoms with van der Waals surface area (Å²) in [4.78, 5) is 245. The molecule has 0 aromatic carbocycles. The highest BCUT2D eigenvalue weighted by molar-refractivity contribution is 6.01. The minimum absolute atomic E-state index is 0.00931. The number of hydrogen-bond donors (Lipinski definition) is 31. The van der Waals surface area contributed by atoms with E-state index in [2.05, 4.69) is 104 Å². The molecule has 0 rings (SSSR count). The van der Waals surface area contributed by atoms with Crippen molar-refractivity contribution in [2.24, 2.45) is 122 Å². The number of aliphatic carboxylic acids is 1. The third-order valence-corrected chi connectivity index (χ3v) is 18.1. The highest BCUT2D eigenvalue weighted by Gasteiger charge is 2.37. The lowest BCUT2D eigenvalue weighted by atomic mass is 10.0. The van der Waals surface area contributed by atoms with Crippen molar-refractivity contribution in [1.82, 2.24) is 74.4 Å². The lowest BCUT2D eigenvalue weighted by molar-refractivity contribution is -0.141. The Morgan fingerprint density at radius 3 is 0.597 bits per heavy atom. The summed E-state index contributed by atoms with van der Waals surface area (Å²) in [6.45, 7) is 7.47. The Hall–Kier alpha value is -13.0. The summed E-state index contributed by atoms with van der Waals surface area (Å²) in [6, 6.07) is -21.7. The first-order valence-corrected chi connectivity index (χ1v) is 40.5. The van der Waals surface area contributed by atoms with Gasteiger partial charge in [0, 0.05) is 45.7 Å². The van der Waals surface area contributed by atoms with Gasteiger partial charge in [0.15, 0.2) is 35.8 Å². The van der Waals surface area contributed by atoms with Crippen LogP contribution in [0.5, 0.6) is 0 Å². The van der Waals surface area contributed by atoms with E-state index in [-0.39, 0.29) is 191 Å². The molecule has 702 valence electrons. The zero-order valence-corrected chi connectivity index (χ0v) is 71.4. The van der Waals surface area contributed by atoms with Gasteiger partial charge in [0.25, 0.3) is 0 Å². The molecule has 0 aromatic rings. The number of amides is 15. The van der Waals surface area contributed by atoms with Crippen molar-refractivity contribution in [3.63, 3.8) is 0 Å². The molecule has 0 saturated heterocycles. The largest absolute Gasteiger partial charge is 0.480 e. The molecule has 0 spiro atoms. The van der Waals surface area contributed by atoms with Gasteiger partial charge in [-0.15, -0.1) is 0 Å². The van der Waals surface area contributed by atoms with Crippen LogP contribution in [0.4, 0.5) is 0 Å². The maximum absolute atomic E-state index is 15.0. The van der Waals surface area contributed by atoms with Crippen LogP contribution < -0.4 is 166 Å². The first-order valence-electron chi connectivity index (χ1n) is 40.5. The zero-order valence-electron chi connectivity index (χ0n) is 71.4. The van der Waals surface area contributed by atoms with E-state index in [1.165, 1.54) is 41.5 Å². The normalized spacial score (nSPS) is 14.4. The fraction of sp³-hybridized carbons (Fsp3) is 0.690. The standard InChI is InChI=1S/C71H136N36O17/c1-35(74)51(109)94-36(2)52(110)96-39(5)55(113)99-44(20-12-30-89-67(78)79)59(117)101-41(17-7-9-27-72)57(115)100-42(18-8-10-28-73)58(116)103-46(22-14-32-91-69(82)83)61(119)105-48(24-16-34-93-71(86)87)63(121)107-49(25-26-50(75)108)64(122)106-47(23-15-33-92-70(84)85)62(120)104-45(21-13-31-90-68(80)81)60(118)102-43(19-11-29-88-66(76)77)56(114)97-38(4)53(111)95-37(3)54(112)98-40(6)65(123)124/h35-49H,7-34,72-74H2,1-6H3,(H2,75,108)(H,94,109)(H,95,111)(H,96,110)(H,97,114)(H,98,112)(H,99,113)(H,100,115)(H,101,117)(H,102,118)(H,103,116)(H,104,120)(H,105,119)(H,106,122)(H,107,121)(H,123,124)(H4,76,77,88)(H4,78,79,89)(H4,80,81,90)(H4,82,83,91)(H4,84,85,92)(H4,86,87,93)/t35-,36-,37-,38-,39-,40-,41-,42-,43-,44-,45-,46-,47-,48-,49-/m0/s1. The van der Waals surface area contributed by atoms with Crippen molar-refractivity contribution in [3.8, 4) is 0 Å². The molecule has 0 saturated carbocycles. The van der Waals surface area contributed by atoms with Gasteiger partial charge < -0.3 is 171 Å². The number of rotatable bonds is 64. The smallest absolute Gasteiger partial charge is 0.325 e. The van der Waals surface area contributed by atoms with Gasteiger partial charge in [-0.3, -0.25) is 107 Å². The lowest BCUT2D eigenvalue weighted by Crippen LogP contribution is -2.61. The Morgan fingerprint density at radius 2 is 0.403 bits per heavy atom. The Bertz CT molecular complexity index is 3670. The first kappa shape index (κ1) is 111. The second-order valence-electron chi connectivity index (χ2n) is 29.1. The van der Waals surface area contributed by atoms with E-state index in [4.69, 9.17) is 91.7 Å². The average molecular weight is 1770 g/mol. The molecule has 0 radical (unpaired) electrons. The first-order chi connectivity index (χ1) is 58.2. The molecule has 0 bridgehead atoms. The number of primary amides is 1. The van der Waals surface area contributed by atoms with Gasteiger partial charge in [0.2, 0.25) is 88.6 Å². The molecular weight excluding hydrogens is 1630 g/mol. The number of nitrogens with zero attached hydrogens (tertiary/aromatic N) is 6. The van der Waals surface area contributed by atoms with Crippen molar-refractivity contribution in [1.29, 1.82) is 0 Å². The number of aliphatic imine (C=N–C) groups is 6. The summed E-state index contributed by atoms with van der Waals surface area (Å²) in [5, 5.41) is 44.5. The Morgan fingerprint density at radius 1 is 0.234 bits per heavy atom. The predicted octanol–water partition coefficient (Wildman–Crippen LogP) is -13.8. The molecule has 0 aliphatic heterocycles. The topological polar surface area (TPSA) is 952 Å². The lowest BCUT2D eigenvalue weighted by Gasteiger charge is -2.28. The number of hydrogen-bond acceptors (Lipinski definition) is 25. The maximum Gasteiger partial charge on any atom is 0.325 e. The number of carbonyl (C=O) groups is 16. The molecule has 15 atom stereocenters. The molecule has 0 heterocycles. The monoisotopic (exact) mass is 1770 g/mol. The quantitative estimate of drug-likeness (QED) is 0.0153. The van der Waals surface area contributed by atoms with Gasteiger partial charge in [-0.2, -0.15) is 0 Å². The van der Waals surface area contributed by atoms with Crippen molar-refractivity contribution in [2.75, 3.05) is 52.4 Å². The van der Waals surface area contributed by atoms with E-state index in [1.54, 1.807) is 0 Å². The summed E-state index contributed by atoms with van der Waals surface area (Å²) in [5.74, 6) is -17.5. The second-order valence-corrected chi connectivity index (χ2v) is 29.1. The Balaban J connectivity index is 7.92. The van der Waals surface area contributed by atoms with Gasteiger partial charge in [0.1, 0.15) is 84.6 Å². The Kier molecular flexibility index (Phi) is 54.9. The van der Waals surface area contributed by atoms with Gasteiger partial charge in [-0.1, -0.05) is 0 Å². The molecule has 124 heavy (non-hydrogen) atoms. The van der Waals surface area contributed by atoms with Crippen LogP contribution in [0.15, 0.2) is 30.0 Å². The van der Waals surface area contributed by atoms with Crippen LogP contribution >= 0.6 is 0 Å². The van der Waals surface area contributed by atoms with Gasteiger partial charge in [-0.05, 0) is 177 Å². The van der Waals surface area contributed by atoms with Crippen molar-refractivity contribution in [3.05, 3.63) is 0 Å². The molecule has 0 aromatic heterocycles. The van der Waals surface area contributed by atoms with Crippen LogP contribution in [0.25, 0.3) is 0 Å². The third-order valence-electron chi connectivity index (χ3n) is 18.1. The van der Waals surface area contributed by atoms with E-state index in [0.29, 0.717) is 12.8 Å². The van der Waals surface area contributed by atoms with Gasteiger partial charge in [0.05, 0.1) is 6.04 Å². The van der Waals surface area contributed by atoms with Crippen LogP contribution in [-0.2, 0) is 76.7 Å². The van der Waals surface area contributed by atoms with E-state index in [0.717, 1.165) is 0 Å². The summed E-state index contributed by atoms with van der Waals surface area (Å²) < 4.78 is 0. The fourth-order valence-corrected chi connectivity index (χ4v) is 11.2. The average Bonchev–Trinajstić information content (AvgIpc) is 0.861. The van der Waals surface area contributed by atoms with Crippen LogP contribution in [0.1, 0.15) is 170 Å². The minimum Gasteiger partial charge on any atom is -0.480 e. The van der Waals surface area contributed by atoms with Crippen LogP contribution in [0, 0.1) is 0 Å². The van der Waals surface area contributed by atoms with E-state index in [9.17, 15) is 81.8 Å². The molecule has 15 amide bonds. The highest BCUT2D eigenvalue weighted by atomic mass is 16.4. The molecule has 0 aliphatic carbocycles. The molecule has 0 aliphatic rings. The zero-order chi connectivity index (χ0) is 94.3. The number of nitrogens with one attached hydrogen (secondary N) is 14. The number of carboxylic acids is 1. The molecule has 0 fully saturated rings. The van der Waals surface area contributed by atoms with E-state index in [1.807, 2.05) is 0 Å². The summed E-state index contributed by atoms with van der Waals surface area (Å²) in [6.07, 6.45) is -1.82. The summed E-state index contributed by atoms with van der Waals surface area (Å²) >= 11 is 0. The molecule has 53 nitrogen and oxygen atoms in total. The van der Waals surface area contributed by atoms with Crippen LogP contribution in [-0.4, -0.2) is 278 Å². The highest BCUT2D eigenvalue weighted by Crippen LogP contribution is 2.14. The SMILES string of the molecule is C[C@H](N)C(=O)N[C@@H](C)C(=O)N[C@@H](C)C(=O)N[C@@H](CCCN=C(N)N)C(=O)N[C@@H](CCCCN)C(=O)N[C@@H](CCCCN)C(=O)N[C@@H](CCCN=C(N)N)C(=O)N[C@@H](CCCN=C(N)N)C(=O)N[C@@H](CCC(N)=O)C(=O)N[C@@H](CCCN=C(N)N)C(=O)N[C@@H](CCCN=C(N)N)C(=O)N[C@@H](CCCN=C(N)N)C(=O)N[C@@H](C)C(=O)N[C@@H](C)C(=O)N[C@@H](C)C(=O)O. The Labute approximate surface area is 718 Å². The number of carbonyl (C=O) groups excluding carboxylic acids is 15. The number of carboxylic acid groups (broad SMARTS) is 1. The van der Waals surface area contributed by atoms with Crippen molar-refractivity contribution < 1.29 is 81.8 Å². The number of unbranched alkanes of at least 4 members (excludes halogenated alkanes) is 2. The summed E-state index contributed by atoms with van der Waals surface area (Å²) in [5.41, 5.74) is 89.9. The van der Waals surface area contributed by atoms with Gasteiger partial charge in [-0.25, -0.2) is 0 Å². The van der Waals surface area contributed by atoms with Crippen molar-refractivity contribution >= 4 is 130 Å². The molecule has 53 heteroatoms. The van der Waals surface area contributed by atoms with Crippen LogP contribution in [0.3, 0.4) is 0 Å². The second kappa shape index (κ2) is 61.3. The third kappa shape index (κ3) is 49.7. The summed E-state index contributed by atoms with van der Waals surface area (Å²) in [7, 11) is 0. The predicted molar refractivity (Wildman–Crippen MR) is 460 cm³/mol. The number of guanidine groups is 6. The minimum atomic E-state index is -1.80. The fourth-order valence-electron chi connectivity index (χ4n) is 11.2. The van der Waals surface area contributed by atoms with E-state index >= 15 is 0 Å². The molecule has 0 unspecified atom stereocenters. The molecular formula is C71H136N36O17. The van der Waals surface area contributed by atoms with Crippen molar-refractivity contribution in [2.45, 2.75) is 261 Å². The van der Waals surface area contributed by atoms with Gasteiger partial charge >= 0.3 is 5.97 Å². The van der Waals surface area contributed by atoms with E-state index < -0.39 is 198 Å². The van der Waals surface area contributed by atoms with Crippen LogP contribution in [0.2, 0.25) is 0 Å². The number of nitrogens with two attached hydrogens (primary N) is 16. The maximum atomic E-state index is 15.0.